The first-order valence-electron chi connectivity index (χ1n) is 7.98. The van der Waals surface area contributed by atoms with Crippen LogP contribution in [0.25, 0.3) is 0 Å². The number of benzene rings is 2. The van der Waals surface area contributed by atoms with Crippen molar-refractivity contribution >= 4 is 40.6 Å². The number of hydrogen-bond donors (Lipinski definition) is 2. The highest BCUT2D eigenvalue weighted by Gasteiger charge is 2.08. The lowest BCUT2D eigenvalue weighted by atomic mass is 10.1. The van der Waals surface area contributed by atoms with E-state index in [9.17, 15) is 4.79 Å². The van der Waals surface area contributed by atoms with Crippen LogP contribution >= 0.6 is 23.2 Å². The molecule has 3 rings (SSSR count). The Labute approximate surface area is 161 Å². The second kappa shape index (κ2) is 8.65. The Kier molecular flexibility index (Phi) is 6.04. The molecule has 0 bridgehead atoms. The van der Waals surface area contributed by atoms with Crippen molar-refractivity contribution in [1.82, 2.24) is 15.3 Å². The van der Waals surface area contributed by atoms with Gasteiger partial charge in [0.2, 0.25) is 0 Å². The van der Waals surface area contributed by atoms with Crippen LogP contribution in [-0.2, 0) is 6.42 Å². The largest absolute Gasteiger partial charge is 0.350 e. The normalized spacial score (nSPS) is 10.4. The van der Waals surface area contributed by atoms with Crippen LogP contribution in [0, 0.1) is 0 Å². The molecule has 0 aliphatic heterocycles. The molecule has 1 heterocycles. The molecule has 0 unspecified atom stereocenters. The van der Waals surface area contributed by atoms with Gasteiger partial charge in [-0.25, -0.2) is 9.97 Å². The third kappa shape index (κ3) is 4.94. The van der Waals surface area contributed by atoms with Crippen LogP contribution < -0.4 is 10.6 Å². The van der Waals surface area contributed by atoms with Crippen molar-refractivity contribution in [3.05, 3.63) is 82.2 Å². The molecule has 7 heteroatoms. The smallest absolute Gasteiger partial charge is 0.271 e. The van der Waals surface area contributed by atoms with Crippen LogP contribution in [0.3, 0.4) is 0 Å². The number of aromatic nitrogens is 2. The summed E-state index contributed by atoms with van der Waals surface area (Å²) in [5, 5.41) is 6.92. The van der Waals surface area contributed by atoms with Gasteiger partial charge in [-0.1, -0.05) is 53.5 Å². The van der Waals surface area contributed by atoms with E-state index in [4.69, 9.17) is 23.2 Å². The van der Waals surface area contributed by atoms with E-state index in [1.807, 2.05) is 30.3 Å². The van der Waals surface area contributed by atoms with E-state index in [1.165, 1.54) is 12.4 Å². The second-order valence-corrected chi connectivity index (χ2v) is 6.37. The summed E-state index contributed by atoms with van der Waals surface area (Å²) < 4.78 is 0. The van der Waals surface area contributed by atoms with E-state index < -0.39 is 0 Å². The van der Waals surface area contributed by atoms with Gasteiger partial charge in [0, 0.05) is 11.6 Å². The molecule has 2 aromatic carbocycles. The van der Waals surface area contributed by atoms with Gasteiger partial charge in [0.05, 0.1) is 23.1 Å². The number of nitrogens with one attached hydrogen (secondary N) is 2. The number of carbonyl (C=O) groups is 1. The van der Waals surface area contributed by atoms with E-state index >= 15 is 0 Å². The first-order chi connectivity index (χ1) is 12.6. The number of halogens is 2. The highest BCUT2D eigenvalue weighted by Crippen LogP contribution is 2.27. The number of hydrogen-bond acceptors (Lipinski definition) is 4. The molecule has 1 aromatic heterocycles. The highest BCUT2D eigenvalue weighted by molar-refractivity contribution is 6.35. The molecular formula is C19H16Cl2N4O. The fraction of sp³-hybridized carbons (Fsp3) is 0.105. The number of carbonyl (C=O) groups excluding carboxylic acids is 1. The molecule has 5 nitrogen and oxygen atoms in total. The molecule has 0 atom stereocenters. The average Bonchev–Trinajstić information content (AvgIpc) is 2.66. The Balaban J connectivity index is 1.56. The predicted octanol–water partition coefficient (Wildman–Crippen LogP) is 4.50. The standard InChI is InChI=1S/C19H16Cl2N4O/c20-14-6-7-15(21)16(10-14)25-18-12-23-17(11-24-18)19(26)22-9-8-13-4-2-1-3-5-13/h1-7,10-12H,8-9H2,(H,22,26)(H,24,25). The van der Waals surface area contributed by atoms with Crippen molar-refractivity contribution < 1.29 is 4.79 Å². The van der Waals surface area contributed by atoms with Gasteiger partial charge in [-0.2, -0.15) is 0 Å². The van der Waals surface area contributed by atoms with Crippen LogP contribution in [0.4, 0.5) is 11.5 Å². The summed E-state index contributed by atoms with van der Waals surface area (Å²) in [6.45, 7) is 0.530. The summed E-state index contributed by atoms with van der Waals surface area (Å²) in [5.41, 5.74) is 2.03. The predicted molar refractivity (Wildman–Crippen MR) is 104 cm³/mol. The lowest BCUT2D eigenvalue weighted by molar-refractivity contribution is 0.0949. The molecule has 0 aliphatic carbocycles. The topological polar surface area (TPSA) is 66.9 Å². The van der Waals surface area contributed by atoms with Crippen molar-refractivity contribution in [3.63, 3.8) is 0 Å². The quantitative estimate of drug-likeness (QED) is 0.654. The SMILES string of the molecule is O=C(NCCc1ccccc1)c1cnc(Nc2cc(Cl)ccc2Cl)cn1. The van der Waals surface area contributed by atoms with Crippen molar-refractivity contribution in [3.8, 4) is 0 Å². The van der Waals surface area contributed by atoms with Gasteiger partial charge >= 0.3 is 0 Å². The first-order valence-corrected chi connectivity index (χ1v) is 8.73. The monoisotopic (exact) mass is 386 g/mol. The number of nitrogens with zero attached hydrogens (tertiary/aromatic N) is 2. The molecule has 2 N–H and O–H groups in total. The minimum absolute atomic E-state index is 0.251. The number of anilines is 2. The molecule has 26 heavy (non-hydrogen) atoms. The molecule has 0 saturated heterocycles. The van der Waals surface area contributed by atoms with E-state index in [0.717, 1.165) is 12.0 Å². The Morgan fingerprint density at radius 1 is 1.00 bits per heavy atom. The number of rotatable bonds is 6. The van der Waals surface area contributed by atoms with E-state index in [-0.39, 0.29) is 11.6 Å². The molecule has 0 aliphatic rings. The maximum Gasteiger partial charge on any atom is 0.271 e. The molecule has 0 radical (unpaired) electrons. The zero-order valence-electron chi connectivity index (χ0n) is 13.7. The Morgan fingerprint density at radius 3 is 2.54 bits per heavy atom. The maximum atomic E-state index is 12.1. The maximum absolute atomic E-state index is 12.1. The van der Waals surface area contributed by atoms with Crippen LogP contribution in [-0.4, -0.2) is 22.4 Å². The van der Waals surface area contributed by atoms with E-state index in [2.05, 4.69) is 20.6 Å². The Bertz CT molecular complexity index is 886. The lowest BCUT2D eigenvalue weighted by Gasteiger charge is -2.08. The molecule has 1 amide bonds. The summed E-state index contributed by atoms with van der Waals surface area (Å²) in [4.78, 5) is 20.5. The lowest BCUT2D eigenvalue weighted by Crippen LogP contribution is -2.26. The average molecular weight is 387 g/mol. The van der Waals surface area contributed by atoms with Gasteiger partial charge in [0.1, 0.15) is 11.5 Å². The van der Waals surface area contributed by atoms with E-state index in [0.29, 0.717) is 28.1 Å². The molecule has 0 spiro atoms. The zero-order chi connectivity index (χ0) is 18.4. The van der Waals surface area contributed by atoms with Crippen LogP contribution in [0.2, 0.25) is 10.0 Å². The second-order valence-electron chi connectivity index (χ2n) is 5.53. The van der Waals surface area contributed by atoms with Gasteiger partial charge in [0.15, 0.2) is 0 Å². The molecule has 0 fully saturated rings. The van der Waals surface area contributed by atoms with Crippen molar-refractivity contribution in [1.29, 1.82) is 0 Å². The first kappa shape index (κ1) is 18.2. The molecule has 132 valence electrons. The summed E-state index contributed by atoms with van der Waals surface area (Å²) >= 11 is 12.1. The molecular weight excluding hydrogens is 371 g/mol. The summed E-state index contributed by atoms with van der Waals surface area (Å²) in [7, 11) is 0. The Hall–Kier alpha value is -2.63. The summed E-state index contributed by atoms with van der Waals surface area (Å²) in [6, 6.07) is 15.0. The molecule has 3 aromatic rings. The minimum atomic E-state index is -0.263. The van der Waals surface area contributed by atoms with Crippen LogP contribution in [0.5, 0.6) is 0 Å². The van der Waals surface area contributed by atoms with E-state index in [1.54, 1.807) is 18.2 Å². The number of amides is 1. The van der Waals surface area contributed by atoms with Crippen molar-refractivity contribution in [2.24, 2.45) is 0 Å². The minimum Gasteiger partial charge on any atom is -0.350 e. The van der Waals surface area contributed by atoms with Crippen molar-refractivity contribution in [2.45, 2.75) is 6.42 Å². The third-order valence-corrected chi connectivity index (χ3v) is 4.18. The highest BCUT2D eigenvalue weighted by atomic mass is 35.5. The van der Waals surface area contributed by atoms with Crippen molar-refractivity contribution in [2.75, 3.05) is 11.9 Å². The summed E-state index contributed by atoms with van der Waals surface area (Å²) in [6.07, 6.45) is 3.65. The van der Waals surface area contributed by atoms with Gasteiger partial charge in [-0.15, -0.1) is 0 Å². The van der Waals surface area contributed by atoms with Gasteiger partial charge < -0.3 is 10.6 Å². The zero-order valence-corrected chi connectivity index (χ0v) is 15.3. The van der Waals surface area contributed by atoms with Gasteiger partial charge in [-0.3, -0.25) is 4.79 Å². The van der Waals surface area contributed by atoms with Gasteiger partial charge in [0.25, 0.3) is 5.91 Å². The van der Waals surface area contributed by atoms with Crippen LogP contribution in [0.1, 0.15) is 16.1 Å². The fourth-order valence-electron chi connectivity index (χ4n) is 2.30. The third-order valence-electron chi connectivity index (χ3n) is 3.62. The summed E-state index contributed by atoms with van der Waals surface area (Å²) in [5.74, 6) is 0.204. The van der Waals surface area contributed by atoms with Crippen LogP contribution in [0.15, 0.2) is 60.9 Å². The molecule has 0 saturated carbocycles. The van der Waals surface area contributed by atoms with Gasteiger partial charge in [-0.05, 0) is 30.2 Å². The fourth-order valence-corrected chi connectivity index (χ4v) is 2.63. The Morgan fingerprint density at radius 2 is 1.81 bits per heavy atom.